The molecule has 1 saturated heterocycles. The SMILES string of the molecule is O=C(OC1CCCCC1)N1CCN(C(=O)c2ccc(NS(=O)[O-])c(F)c2)CC1. The minimum Gasteiger partial charge on any atom is -0.755 e. The number of piperazine rings is 1. The number of nitrogens with zero attached hydrogens (tertiary/aromatic N) is 2. The van der Waals surface area contributed by atoms with E-state index in [4.69, 9.17) is 4.74 Å². The van der Waals surface area contributed by atoms with Gasteiger partial charge in [-0.1, -0.05) is 6.42 Å². The maximum absolute atomic E-state index is 14.0. The van der Waals surface area contributed by atoms with Gasteiger partial charge in [0.2, 0.25) is 0 Å². The fraction of sp³-hybridized carbons (Fsp3) is 0.556. The first kappa shape index (κ1) is 20.5. The molecule has 2 amide bonds. The van der Waals surface area contributed by atoms with E-state index in [1.165, 1.54) is 23.5 Å². The molecule has 3 rings (SSSR count). The minimum atomic E-state index is -2.64. The van der Waals surface area contributed by atoms with Crippen LogP contribution in [0.2, 0.25) is 0 Å². The van der Waals surface area contributed by atoms with Crippen LogP contribution in [-0.4, -0.2) is 62.8 Å². The van der Waals surface area contributed by atoms with E-state index in [1.54, 1.807) is 4.90 Å². The number of nitrogens with one attached hydrogen (secondary N) is 1. The van der Waals surface area contributed by atoms with Gasteiger partial charge in [-0.3, -0.25) is 9.00 Å². The van der Waals surface area contributed by atoms with Gasteiger partial charge in [0.25, 0.3) is 5.91 Å². The Morgan fingerprint density at radius 2 is 1.75 bits per heavy atom. The van der Waals surface area contributed by atoms with Gasteiger partial charge in [-0.15, -0.1) is 0 Å². The van der Waals surface area contributed by atoms with Crippen molar-refractivity contribution in [1.82, 2.24) is 9.80 Å². The zero-order valence-electron chi connectivity index (χ0n) is 15.4. The Labute approximate surface area is 165 Å². The number of hydrogen-bond acceptors (Lipinski definition) is 5. The molecule has 0 spiro atoms. The van der Waals surface area contributed by atoms with Crippen LogP contribution in [0.5, 0.6) is 0 Å². The van der Waals surface area contributed by atoms with Crippen molar-refractivity contribution in [2.45, 2.75) is 38.2 Å². The third-order valence-electron chi connectivity index (χ3n) is 5.05. The van der Waals surface area contributed by atoms with Crippen LogP contribution in [0, 0.1) is 5.82 Å². The third kappa shape index (κ3) is 5.20. The Bertz CT molecular complexity index is 749. The van der Waals surface area contributed by atoms with Crippen LogP contribution in [0.3, 0.4) is 0 Å². The molecule has 28 heavy (non-hydrogen) atoms. The summed E-state index contributed by atoms with van der Waals surface area (Å²) in [6.45, 7) is 1.36. The van der Waals surface area contributed by atoms with Crippen molar-refractivity contribution in [2.24, 2.45) is 0 Å². The standard InChI is InChI=1S/C18H24FN3O5S/c19-15-12-13(6-7-16(15)20-28(25)26)17(23)21-8-10-22(11-9-21)18(24)27-14-4-2-1-3-5-14/h6-7,12,14,20H,1-5,8-11H2,(H,25,26)/p-1. The molecule has 2 aliphatic rings. The van der Waals surface area contributed by atoms with Crippen LogP contribution in [0.1, 0.15) is 42.5 Å². The van der Waals surface area contributed by atoms with Crippen LogP contribution >= 0.6 is 0 Å². The number of rotatable bonds is 4. The van der Waals surface area contributed by atoms with Gasteiger partial charge in [0, 0.05) is 43.0 Å². The Morgan fingerprint density at radius 1 is 1.11 bits per heavy atom. The molecule has 0 radical (unpaired) electrons. The molecule has 10 heteroatoms. The second kappa shape index (κ2) is 9.33. The predicted molar refractivity (Wildman–Crippen MR) is 99.8 cm³/mol. The van der Waals surface area contributed by atoms with Crippen LogP contribution in [0.25, 0.3) is 0 Å². The predicted octanol–water partition coefficient (Wildman–Crippen LogP) is 2.26. The van der Waals surface area contributed by atoms with Gasteiger partial charge < -0.3 is 23.8 Å². The van der Waals surface area contributed by atoms with Crippen LogP contribution < -0.4 is 4.72 Å². The molecule has 1 unspecified atom stereocenters. The molecule has 1 saturated carbocycles. The number of ether oxygens (including phenoxy) is 1. The summed E-state index contributed by atoms with van der Waals surface area (Å²) in [4.78, 5) is 28.0. The lowest BCUT2D eigenvalue weighted by atomic mass is 9.98. The summed E-state index contributed by atoms with van der Waals surface area (Å²) in [7, 11) is 0. The number of halogens is 1. The van der Waals surface area contributed by atoms with E-state index in [0.717, 1.165) is 31.7 Å². The minimum absolute atomic E-state index is 0.0144. The number of hydrogen-bond donors (Lipinski definition) is 1. The molecule has 1 N–H and O–H groups in total. The average molecular weight is 412 g/mol. The summed E-state index contributed by atoms with van der Waals surface area (Å²) >= 11 is -2.64. The molecule has 1 atom stereocenters. The van der Waals surface area contributed by atoms with Crippen molar-refractivity contribution in [3.63, 3.8) is 0 Å². The molecule has 0 bridgehead atoms. The van der Waals surface area contributed by atoms with E-state index in [9.17, 15) is 22.7 Å². The summed E-state index contributed by atoms with van der Waals surface area (Å²) in [5.41, 5.74) is -0.0990. The zero-order valence-corrected chi connectivity index (χ0v) is 16.2. The second-order valence-corrected chi connectivity index (χ2v) is 7.63. The highest BCUT2D eigenvalue weighted by Gasteiger charge is 2.28. The lowest BCUT2D eigenvalue weighted by molar-refractivity contribution is 0.0306. The second-order valence-electron chi connectivity index (χ2n) is 6.95. The van der Waals surface area contributed by atoms with Gasteiger partial charge in [0.05, 0.1) is 5.69 Å². The summed E-state index contributed by atoms with van der Waals surface area (Å²) in [5.74, 6) is -1.20. The zero-order chi connectivity index (χ0) is 20.1. The number of anilines is 1. The van der Waals surface area contributed by atoms with Crippen molar-refractivity contribution in [3.05, 3.63) is 29.6 Å². The summed E-state index contributed by atoms with van der Waals surface area (Å²) in [6.07, 6.45) is 4.79. The van der Waals surface area contributed by atoms with Crippen molar-refractivity contribution in [2.75, 3.05) is 30.9 Å². The first-order valence-electron chi connectivity index (χ1n) is 9.34. The molecule has 154 valence electrons. The van der Waals surface area contributed by atoms with E-state index >= 15 is 0 Å². The van der Waals surface area contributed by atoms with Crippen molar-refractivity contribution >= 4 is 29.0 Å². The normalized spacial score (nSPS) is 19.2. The van der Waals surface area contributed by atoms with Crippen molar-refractivity contribution < 1.29 is 27.5 Å². The average Bonchev–Trinajstić information content (AvgIpc) is 2.69. The van der Waals surface area contributed by atoms with Gasteiger partial charge >= 0.3 is 6.09 Å². The lowest BCUT2D eigenvalue weighted by Crippen LogP contribution is -2.51. The Kier molecular flexibility index (Phi) is 6.84. The first-order chi connectivity index (χ1) is 13.4. The largest absolute Gasteiger partial charge is 0.755 e. The summed E-state index contributed by atoms with van der Waals surface area (Å²) < 4.78 is 42.6. The molecule has 1 heterocycles. The highest BCUT2D eigenvalue weighted by molar-refractivity contribution is 7.80. The summed E-state index contributed by atoms with van der Waals surface area (Å²) in [6, 6.07) is 3.57. The fourth-order valence-corrected chi connectivity index (χ4v) is 3.84. The highest BCUT2D eigenvalue weighted by Crippen LogP contribution is 2.22. The maximum Gasteiger partial charge on any atom is 0.410 e. The molecule has 2 fully saturated rings. The Balaban J connectivity index is 1.52. The van der Waals surface area contributed by atoms with E-state index in [0.29, 0.717) is 26.2 Å². The highest BCUT2D eigenvalue weighted by atomic mass is 32.2. The number of benzene rings is 1. The quantitative estimate of drug-likeness (QED) is 0.765. The third-order valence-corrected chi connectivity index (χ3v) is 5.44. The monoisotopic (exact) mass is 412 g/mol. The summed E-state index contributed by atoms with van der Waals surface area (Å²) in [5, 5.41) is 0. The molecule has 1 aromatic carbocycles. The number of carbonyl (C=O) groups excluding carboxylic acids is 2. The topological polar surface area (TPSA) is 102 Å². The Morgan fingerprint density at radius 3 is 2.36 bits per heavy atom. The van der Waals surface area contributed by atoms with Crippen LogP contribution in [0.4, 0.5) is 14.9 Å². The van der Waals surface area contributed by atoms with Crippen molar-refractivity contribution in [1.29, 1.82) is 0 Å². The van der Waals surface area contributed by atoms with Gasteiger partial charge in [-0.2, -0.15) is 0 Å². The van der Waals surface area contributed by atoms with E-state index in [-0.39, 0.29) is 29.4 Å². The van der Waals surface area contributed by atoms with Crippen LogP contribution in [0.15, 0.2) is 18.2 Å². The maximum atomic E-state index is 14.0. The number of carbonyl (C=O) groups is 2. The molecule has 1 aromatic rings. The van der Waals surface area contributed by atoms with Crippen molar-refractivity contribution in [3.8, 4) is 0 Å². The van der Waals surface area contributed by atoms with Gasteiger partial charge in [0.1, 0.15) is 11.9 Å². The first-order valence-corrected chi connectivity index (χ1v) is 10.4. The Hall–Kier alpha value is -2.20. The van der Waals surface area contributed by atoms with Crippen LogP contribution in [-0.2, 0) is 16.0 Å². The van der Waals surface area contributed by atoms with E-state index in [2.05, 4.69) is 0 Å². The molecular weight excluding hydrogens is 389 g/mol. The van der Waals surface area contributed by atoms with Gasteiger partial charge in [-0.05, 0) is 43.9 Å². The molecule has 0 aromatic heterocycles. The molecular formula is C18H23FN3O5S-. The van der Waals surface area contributed by atoms with E-state index < -0.39 is 17.1 Å². The molecule has 1 aliphatic carbocycles. The lowest BCUT2D eigenvalue weighted by Gasteiger charge is -2.35. The smallest absolute Gasteiger partial charge is 0.410 e. The number of amides is 2. The van der Waals surface area contributed by atoms with Gasteiger partial charge in [0.15, 0.2) is 0 Å². The van der Waals surface area contributed by atoms with E-state index in [1.807, 2.05) is 4.72 Å². The fourth-order valence-electron chi connectivity index (χ4n) is 3.50. The molecule has 8 nitrogen and oxygen atoms in total. The molecule has 1 aliphatic heterocycles. The van der Waals surface area contributed by atoms with Gasteiger partial charge in [-0.25, -0.2) is 9.18 Å².